The summed E-state index contributed by atoms with van der Waals surface area (Å²) >= 11 is 0. The molecule has 0 atom stereocenters. The van der Waals surface area contributed by atoms with Crippen molar-refractivity contribution >= 4 is 5.91 Å². The highest BCUT2D eigenvalue weighted by molar-refractivity contribution is 5.76. The lowest BCUT2D eigenvalue weighted by atomic mass is 9.99. The normalized spacial score (nSPS) is 12.6. The van der Waals surface area contributed by atoms with Crippen molar-refractivity contribution < 1.29 is 9.53 Å². The lowest BCUT2D eigenvalue weighted by molar-refractivity contribution is -0.122. The fourth-order valence-electron chi connectivity index (χ4n) is 1.35. The van der Waals surface area contributed by atoms with Crippen LogP contribution in [-0.2, 0) is 9.53 Å². The molecule has 1 amide bonds. The van der Waals surface area contributed by atoms with Crippen LogP contribution >= 0.6 is 0 Å². The second-order valence-corrected chi connectivity index (χ2v) is 6.87. The van der Waals surface area contributed by atoms with Crippen LogP contribution in [-0.4, -0.2) is 24.7 Å². The number of ether oxygens (including phenoxy) is 1. The Labute approximate surface area is 106 Å². The van der Waals surface area contributed by atoms with Gasteiger partial charge in [0.15, 0.2) is 0 Å². The number of rotatable bonds is 6. The highest BCUT2D eigenvalue weighted by atomic mass is 16.5. The van der Waals surface area contributed by atoms with Gasteiger partial charge in [-0.2, -0.15) is 0 Å². The van der Waals surface area contributed by atoms with Crippen LogP contribution in [0.1, 0.15) is 60.8 Å². The maximum Gasteiger partial charge on any atom is 0.220 e. The number of carbonyl (C=O) groups is 1. The largest absolute Gasteiger partial charge is 0.381 e. The molecule has 1 N–H and O–H groups in total. The van der Waals surface area contributed by atoms with Crippen molar-refractivity contribution in [3.8, 4) is 0 Å². The third-order valence-electron chi connectivity index (χ3n) is 1.99. The molecule has 3 heteroatoms. The van der Waals surface area contributed by atoms with Crippen LogP contribution in [0.2, 0.25) is 0 Å². The summed E-state index contributed by atoms with van der Waals surface area (Å²) in [7, 11) is 0. The Hall–Kier alpha value is -0.570. The molecule has 0 radical (unpaired) electrons. The smallest absolute Gasteiger partial charge is 0.220 e. The number of hydrogen-bond acceptors (Lipinski definition) is 2. The van der Waals surface area contributed by atoms with Crippen LogP contribution in [0.25, 0.3) is 0 Å². The highest BCUT2D eigenvalue weighted by Crippen LogP contribution is 2.13. The van der Waals surface area contributed by atoms with Crippen molar-refractivity contribution in [3.05, 3.63) is 0 Å². The Balaban J connectivity index is 3.44. The van der Waals surface area contributed by atoms with Crippen molar-refractivity contribution in [2.45, 2.75) is 66.3 Å². The summed E-state index contributed by atoms with van der Waals surface area (Å²) in [6, 6.07) is 0. The van der Waals surface area contributed by atoms with Crippen molar-refractivity contribution in [2.75, 3.05) is 13.2 Å². The first kappa shape index (κ1) is 16.4. The minimum atomic E-state index is -0.125. The lowest BCUT2D eigenvalue weighted by Crippen LogP contribution is -2.40. The summed E-state index contributed by atoms with van der Waals surface area (Å²) in [4.78, 5) is 11.5. The molecule has 0 aliphatic heterocycles. The molecule has 3 nitrogen and oxygen atoms in total. The van der Waals surface area contributed by atoms with E-state index in [4.69, 9.17) is 4.74 Å². The van der Waals surface area contributed by atoms with Gasteiger partial charge in [-0.25, -0.2) is 0 Å². The Morgan fingerprint density at radius 1 is 1.06 bits per heavy atom. The van der Waals surface area contributed by atoms with E-state index in [1.165, 1.54) is 0 Å². The zero-order valence-electron chi connectivity index (χ0n) is 12.4. The van der Waals surface area contributed by atoms with Gasteiger partial charge in [0, 0.05) is 18.6 Å². The molecule has 0 aromatic rings. The average Bonchev–Trinajstić information content (AvgIpc) is 2.06. The van der Waals surface area contributed by atoms with Crippen LogP contribution in [0, 0.1) is 5.41 Å². The quantitative estimate of drug-likeness (QED) is 0.728. The standard InChI is InChI=1S/C14H29NO2/c1-13(2,3)11-17-10-8-7-9-12(16)15-14(4,5)6/h7-11H2,1-6H3,(H,15,16). The van der Waals surface area contributed by atoms with Crippen LogP contribution in [0.3, 0.4) is 0 Å². The topological polar surface area (TPSA) is 38.3 Å². The SMILES string of the molecule is CC(C)(C)COCCCCC(=O)NC(C)(C)C. The molecule has 0 spiro atoms. The zero-order chi connectivity index (χ0) is 13.5. The molecule has 0 saturated carbocycles. The van der Waals surface area contributed by atoms with E-state index < -0.39 is 0 Å². The van der Waals surface area contributed by atoms with Gasteiger partial charge in [-0.15, -0.1) is 0 Å². The van der Waals surface area contributed by atoms with Gasteiger partial charge in [0.05, 0.1) is 6.61 Å². The van der Waals surface area contributed by atoms with E-state index in [-0.39, 0.29) is 16.9 Å². The first-order valence-electron chi connectivity index (χ1n) is 6.49. The fourth-order valence-corrected chi connectivity index (χ4v) is 1.35. The highest BCUT2D eigenvalue weighted by Gasteiger charge is 2.13. The molecule has 0 fully saturated rings. The molecule has 0 aliphatic rings. The van der Waals surface area contributed by atoms with E-state index in [9.17, 15) is 4.79 Å². The first-order chi connectivity index (χ1) is 7.60. The van der Waals surface area contributed by atoms with E-state index in [1.807, 2.05) is 20.8 Å². The predicted octanol–water partition coefficient (Wildman–Crippen LogP) is 3.13. The molecule has 0 aliphatic carbocycles. The predicted molar refractivity (Wildman–Crippen MR) is 72.0 cm³/mol. The summed E-state index contributed by atoms with van der Waals surface area (Å²) in [5, 5.41) is 2.95. The van der Waals surface area contributed by atoms with E-state index in [0.717, 1.165) is 26.1 Å². The maximum absolute atomic E-state index is 11.5. The van der Waals surface area contributed by atoms with Crippen LogP contribution in [0.5, 0.6) is 0 Å². The Morgan fingerprint density at radius 3 is 2.12 bits per heavy atom. The third-order valence-corrected chi connectivity index (χ3v) is 1.99. The monoisotopic (exact) mass is 243 g/mol. The van der Waals surface area contributed by atoms with E-state index in [1.54, 1.807) is 0 Å². The van der Waals surface area contributed by atoms with Crippen molar-refractivity contribution in [3.63, 3.8) is 0 Å². The number of carbonyl (C=O) groups excluding carboxylic acids is 1. The molecule has 0 bridgehead atoms. The van der Waals surface area contributed by atoms with Crippen LogP contribution in [0.4, 0.5) is 0 Å². The Bertz CT molecular complexity index is 223. The summed E-state index contributed by atoms with van der Waals surface area (Å²) in [6.07, 6.45) is 2.44. The van der Waals surface area contributed by atoms with Gasteiger partial charge in [0.25, 0.3) is 0 Å². The maximum atomic E-state index is 11.5. The minimum absolute atomic E-state index is 0.125. The molecular formula is C14H29NO2. The van der Waals surface area contributed by atoms with Crippen molar-refractivity contribution in [1.29, 1.82) is 0 Å². The summed E-state index contributed by atoms with van der Waals surface area (Å²) in [6.45, 7) is 14.0. The summed E-state index contributed by atoms with van der Waals surface area (Å²) in [5.41, 5.74) is 0.101. The molecule has 102 valence electrons. The molecule has 17 heavy (non-hydrogen) atoms. The van der Waals surface area contributed by atoms with Crippen LogP contribution in [0.15, 0.2) is 0 Å². The molecule has 0 rings (SSSR count). The molecule has 0 saturated heterocycles. The van der Waals surface area contributed by atoms with Gasteiger partial charge in [0.1, 0.15) is 0 Å². The van der Waals surface area contributed by atoms with Gasteiger partial charge in [-0.1, -0.05) is 20.8 Å². The lowest BCUT2D eigenvalue weighted by Gasteiger charge is -2.20. The van der Waals surface area contributed by atoms with Crippen molar-refractivity contribution in [1.82, 2.24) is 5.32 Å². The van der Waals surface area contributed by atoms with Gasteiger partial charge in [-0.05, 0) is 39.0 Å². The van der Waals surface area contributed by atoms with E-state index in [0.29, 0.717) is 6.42 Å². The second-order valence-electron chi connectivity index (χ2n) is 6.87. The van der Waals surface area contributed by atoms with E-state index >= 15 is 0 Å². The average molecular weight is 243 g/mol. The van der Waals surface area contributed by atoms with Crippen molar-refractivity contribution in [2.24, 2.45) is 5.41 Å². The van der Waals surface area contributed by atoms with Gasteiger partial charge < -0.3 is 10.1 Å². The van der Waals surface area contributed by atoms with E-state index in [2.05, 4.69) is 26.1 Å². The van der Waals surface area contributed by atoms with Crippen LogP contribution < -0.4 is 5.32 Å². The summed E-state index contributed by atoms with van der Waals surface area (Å²) in [5.74, 6) is 0.133. The van der Waals surface area contributed by atoms with Gasteiger partial charge in [-0.3, -0.25) is 4.79 Å². The number of hydrogen-bond donors (Lipinski definition) is 1. The number of nitrogens with one attached hydrogen (secondary N) is 1. The molecule has 0 unspecified atom stereocenters. The first-order valence-corrected chi connectivity index (χ1v) is 6.49. The molecule has 0 aromatic heterocycles. The Morgan fingerprint density at radius 2 is 1.65 bits per heavy atom. The number of unbranched alkanes of at least 4 members (excludes halogenated alkanes) is 1. The van der Waals surface area contributed by atoms with Gasteiger partial charge in [0.2, 0.25) is 5.91 Å². The second kappa shape index (κ2) is 7.00. The molecular weight excluding hydrogens is 214 g/mol. The molecule has 0 aromatic carbocycles. The van der Waals surface area contributed by atoms with Gasteiger partial charge >= 0.3 is 0 Å². The molecule has 0 heterocycles. The third kappa shape index (κ3) is 13.4. The fraction of sp³-hybridized carbons (Fsp3) is 0.929. The number of amides is 1. The Kier molecular flexibility index (Phi) is 6.76. The minimum Gasteiger partial charge on any atom is -0.381 e. The summed E-state index contributed by atoms with van der Waals surface area (Å²) < 4.78 is 5.55. The zero-order valence-corrected chi connectivity index (χ0v) is 12.4.